The molecule has 6 nitrogen and oxygen atoms in total. The van der Waals surface area contributed by atoms with Crippen molar-refractivity contribution in [1.29, 1.82) is 0 Å². The van der Waals surface area contributed by atoms with Crippen molar-refractivity contribution in [2.75, 3.05) is 24.6 Å². The molecule has 2 amide bonds. The highest BCUT2D eigenvalue weighted by Crippen LogP contribution is 2.25. The summed E-state index contributed by atoms with van der Waals surface area (Å²) in [6.45, 7) is 7.18. The maximum Gasteiger partial charge on any atom is 0.258 e. The first kappa shape index (κ1) is 22.3. The Hall–Kier alpha value is -1.79. The lowest BCUT2D eigenvalue weighted by Crippen LogP contribution is -2.53. The van der Waals surface area contributed by atoms with Gasteiger partial charge in [0.15, 0.2) is 6.61 Å². The van der Waals surface area contributed by atoms with E-state index in [2.05, 4.69) is 19.2 Å². The molecule has 1 heterocycles. The first-order chi connectivity index (χ1) is 11.8. The number of carbonyl (C=O) groups excluding carboxylic acids is 2. The molecule has 1 fully saturated rings. The van der Waals surface area contributed by atoms with Crippen LogP contribution >= 0.6 is 12.4 Å². The molecule has 7 heteroatoms. The van der Waals surface area contributed by atoms with Gasteiger partial charge in [0, 0.05) is 36.8 Å². The van der Waals surface area contributed by atoms with Gasteiger partial charge in [-0.05, 0) is 37.8 Å². The minimum atomic E-state index is -0.432. The fourth-order valence-electron chi connectivity index (χ4n) is 3.27. The minimum Gasteiger partial charge on any atom is -0.484 e. The Morgan fingerprint density at radius 2 is 2.15 bits per heavy atom. The van der Waals surface area contributed by atoms with Crippen molar-refractivity contribution in [1.82, 2.24) is 5.32 Å². The number of nitrogens with two attached hydrogens (primary N) is 1. The third kappa shape index (κ3) is 6.18. The zero-order valence-corrected chi connectivity index (χ0v) is 16.6. The lowest BCUT2D eigenvalue weighted by Gasteiger charge is -2.31. The van der Waals surface area contributed by atoms with E-state index in [0.717, 1.165) is 25.1 Å². The molecule has 1 atom stereocenters. The quantitative estimate of drug-likeness (QED) is 0.722. The van der Waals surface area contributed by atoms with Gasteiger partial charge in [0.1, 0.15) is 5.75 Å². The molecule has 0 spiro atoms. The number of amides is 2. The first-order valence-corrected chi connectivity index (χ1v) is 8.87. The second-order valence-corrected chi connectivity index (χ2v) is 7.35. The Morgan fingerprint density at radius 1 is 1.42 bits per heavy atom. The Kier molecular flexibility index (Phi) is 8.37. The number of anilines is 1. The highest BCUT2D eigenvalue weighted by Gasteiger charge is 2.26. The summed E-state index contributed by atoms with van der Waals surface area (Å²) in [6.07, 6.45) is 2.27. The third-order valence-corrected chi connectivity index (χ3v) is 4.32. The van der Waals surface area contributed by atoms with E-state index in [9.17, 15) is 9.59 Å². The molecule has 146 valence electrons. The van der Waals surface area contributed by atoms with Crippen molar-refractivity contribution in [3.8, 4) is 5.75 Å². The highest BCUT2D eigenvalue weighted by atomic mass is 35.5. The number of rotatable bonds is 8. The molecule has 0 aromatic heterocycles. The van der Waals surface area contributed by atoms with Crippen LogP contribution in [0.2, 0.25) is 0 Å². The molecular formula is C19H30ClN3O3. The predicted molar refractivity (Wildman–Crippen MR) is 106 cm³/mol. The molecule has 1 aromatic rings. The number of halogens is 1. The standard InChI is InChI=1S/C19H29N3O3.ClH/c1-14(2)11-19(3,13-20)21-17(23)12-25-16-7-4-6-15(10-16)22-9-5-8-18(22)24;/h4,6-7,10,14H,5,8-9,11-13,20H2,1-3H3,(H,21,23);1H. The van der Waals surface area contributed by atoms with Gasteiger partial charge in [-0.25, -0.2) is 0 Å². The number of nitrogens with one attached hydrogen (secondary N) is 1. The molecule has 1 aliphatic heterocycles. The van der Waals surface area contributed by atoms with Crippen LogP contribution < -0.4 is 20.7 Å². The van der Waals surface area contributed by atoms with Gasteiger partial charge in [-0.1, -0.05) is 19.9 Å². The van der Waals surface area contributed by atoms with Gasteiger partial charge in [0.25, 0.3) is 5.91 Å². The summed E-state index contributed by atoms with van der Waals surface area (Å²) in [7, 11) is 0. The molecule has 0 bridgehead atoms. The van der Waals surface area contributed by atoms with Crippen LogP contribution in [0.5, 0.6) is 5.75 Å². The summed E-state index contributed by atoms with van der Waals surface area (Å²) in [5.74, 6) is 0.939. The first-order valence-electron chi connectivity index (χ1n) is 8.87. The molecule has 3 N–H and O–H groups in total. The summed E-state index contributed by atoms with van der Waals surface area (Å²) in [5.41, 5.74) is 6.20. The fourth-order valence-corrected chi connectivity index (χ4v) is 3.27. The Balaban J connectivity index is 0.00000338. The molecule has 0 aliphatic carbocycles. The Morgan fingerprint density at radius 3 is 2.73 bits per heavy atom. The van der Waals surface area contributed by atoms with Crippen LogP contribution in [0.1, 0.15) is 40.0 Å². The largest absolute Gasteiger partial charge is 0.484 e. The highest BCUT2D eigenvalue weighted by molar-refractivity contribution is 5.95. The summed E-state index contributed by atoms with van der Waals surface area (Å²) in [5, 5.41) is 2.97. The van der Waals surface area contributed by atoms with Gasteiger partial charge in [0.2, 0.25) is 5.91 Å². The molecule has 1 aromatic carbocycles. The smallest absolute Gasteiger partial charge is 0.258 e. The Labute approximate surface area is 161 Å². The molecule has 2 rings (SSSR count). The van der Waals surface area contributed by atoms with Gasteiger partial charge in [0.05, 0.1) is 0 Å². The second kappa shape index (κ2) is 9.78. The van der Waals surface area contributed by atoms with Crippen LogP contribution in [0.3, 0.4) is 0 Å². The molecule has 0 saturated carbocycles. The van der Waals surface area contributed by atoms with Crippen molar-refractivity contribution in [2.45, 2.75) is 45.6 Å². The van der Waals surface area contributed by atoms with Gasteiger partial charge in [-0.15, -0.1) is 12.4 Å². The van der Waals surface area contributed by atoms with Crippen LogP contribution in [-0.4, -0.2) is 37.0 Å². The lowest BCUT2D eigenvalue weighted by molar-refractivity contribution is -0.125. The van der Waals surface area contributed by atoms with Crippen LogP contribution in [0.25, 0.3) is 0 Å². The summed E-state index contributed by atoms with van der Waals surface area (Å²) >= 11 is 0. The number of hydrogen-bond donors (Lipinski definition) is 2. The number of benzene rings is 1. The summed E-state index contributed by atoms with van der Waals surface area (Å²) in [6, 6.07) is 7.29. The second-order valence-electron chi connectivity index (χ2n) is 7.35. The van der Waals surface area contributed by atoms with Gasteiger partial charge in [-0.3, -0.25) is 9.59 Å². The number of hydrogen-bond acceptors (Lipinski definition) is 4. The van der Waals surface area contributed by atoms with Crippen molar-refractivity contribution in [3.05, 3.63) is 24.3 Å². The number of carbonyl (C=O) groups is 2. The maximum absolute atomic E-state index is 12.2. The van der Waals surface area contributed by atoms with E-state index in [1.807, 2.05) is 19.1 Å². The van der Waals surface area contributed by atoms with Crippen molar-refractivity contribution < 1.29 is 14.3 Å². The maximum atomic E-state index is 12.2. The number of nitrogens with zero attached hydrogens (tertiary/aromatic N) is 1. The SMILES string of the molecule is CC(C)CC(C)(CN)NC(=O)COc1cccc(N2CCCC2=O)c1.Cl. The minimum absolute atomic E-state index is 0. The fraction of sp³-hybridized carbons (Fsp3) is 0.579. The zero-order valence-electron chi connectivity index (χ0n) is 15.8. The predicted octanol–water partition coefficient (Wildman–Crippen LogP) is 2.49. The van der Waals surface area contributed by atoms with Crippen molar-refractivity contribution in [2.24, 2.45) is 11.7 Å². The molecular weight excluding hydrogens is 354 g/mol. The zero-order chi connectivity index (χ0) is 18.4. The van der Waals surface area contributed by atoms with E-state index in [4.69, 9.17) is 10.5 Å². The van der Waals surface area contributed by atoms with Gasteiger partial charge < -0.3 is 20.7 Å². The van der Waals surface area contributed by atoms with E-state index in [1.165, 1.54) is 0 Å². The van der Waals surface area contributed by atoms with Crippen LogP contribution in [0.4, 0.5) is 5.69 Å². The van der Waals surface area contributed by atoms with Crippen LogP contribution in [0, 0.1) is 5.92 Å². The van der Waals surface area contributed by atoms with E-state index in [-0.39, 0.29) is 30.8 Å². The van der Waals surface area contributed by atoms with E-state index < -0.39 is 5.54 Å². The average molecular weight is 384 g/mol. The van der Waals surface area contributed by atoms with E-state index in [1.54, 1.807) is 17.0 Å². The molecule has 1 saturated heterocycles. The van der Waals surface area contributed by atoms with E-state index in [0.29, 0.717) is 24.6 Å². The third-order valence-electron chi connectivity index (χ3n) is 4.32. The topological polar surface area (TPSA) is 84.7 Å². The molecule has 1 unspecified atom stereocenters. The normalized spacial score (nSPS) is 16.2. The average Bonchev–Trinajstić information content (AvgIpc) is 2.98. The van der Waals surface area contributed by atoms with Gasteiger partial charge in [-0.2, -0.15) is 0 Å². The van der Waals surface area contributed by atoms with Crippen LogP contribution in [0.15, 0.2) is 24.3 Å². The molecule has 1 aliphatic rings. The monoisotopic (exact) mass is 383 g/mol. The molecule has 26 heavy (non-hydrogen) atoms. The van der Waals surface area contributed by atoms with Crippen LogP contribution in [-0.2, 0) is 9.59 Å². The molecule has 0 radical (unpaired) electrons. The lowest BCUT2D eigenvalue weighted by atomic mass is 9.91. The van der Waals surface area contributed by atoms with Gasteiger partial charge >= 0.3 is 0 Å². The Bertz CT molecular complexity index is 624. The summed E-state index contributed by atoms with van der Waals surface area (Å²) in [4.78, 5) is 25.8. The number of ether oxygens (including phenoxy) is 1. The van der Waals surface area contributed by atoms with E-state index >= 15 is 0 Å². The summed E-state index contributed by atoms with van der Waals surface area (Å²) < 4.78 is 5.61. The van der Waals surface area contributed by atoms with Crippen molar-refractivity contribution >= 4 is 29.9 Å². The van der Waals surface area contributed by atoms with Crippen molar-refractivity contribution in [3.63, 3.8) is 0 Å².